The molecule has 3 aromatic rings. The maximum absolute atomic E-state index is 11.7. The average molecular weight is 352 g/mol. The summed E-state index contributed by atoms with van der Waals surface area (Å²) < 4.78 is 6.02. The predicted molar refractivity (Wildman–Crippen MR) is 101 cm³/mol. The van der Waals surface area contributed by atoms with E-state index in [2.05, 4.69) is 4.98 Å². The lowest BCUT2D eigenvalue weighted by Crippen LogP contribution is -2.21. The molecule has 25 heavy (non-hydrogen) atoms. The minimum atomic E-state index is 0.102. The van der Waals surface area contributed by atoms with Crippen LogP contribution in [0, 0.1) is 0 Å². The maximum atomic E-state index is 11.7. The number of carbonyl (C=O) groups is 1. The van der Waals surface area contributed by atoms with E-state index in [-0.39, 0.29) is 5.91 Å². The number of rotatable bonds is 6. The molecule has 0 bridgehead atoms. The van der Waals surface area contributed by atoms with Crippen LogP contribution in [0.25, 0.3) is 22.6 Å². The van der Waals surface area contributed by atoms with Crippen LogP contribution in [-0.4, -0.2) is 35.6 Å². The molecule has 128 valence electrons. The first-order valence-electron chi connectivity index (χ1n) is 8.10. The molecule has 4 nitrogen and oxygen atoms in total. The van der Waals surface area contributed by atoms with Crippen LogP contribution in [0.1, 0.15) is 6.42 Å². The van der Waals surface area contributed by atoms with Crippen molar-refractivity contribution in [3.05, 3.63) is 60.7 Å². The Kier molecular flexibility index (Phi) is 5.56. The van der Waals surface area contributed by atoms with E-state index < -0.39 is 0 Å². The molecule has 0 saturated heterocycles. The van der Waals surface area contributed by atoms with Crippen molar-refractivity contribution in [2.45, 2.75) is 11.6 Å². The summed E-state index contributed by atoms with van der Waals surface area (Å²) in [4.78, 5) is 18.0. The lowest BCUT2D eigenvalue weighted by Gasteiger charge is -2.08. The molecule has 3 rings (SSSR count). The van der Waals surface area contributed by atoms with Gasteiger partial charge in [0.1, 0.15) is 5.69 Å². The van der Waals surface area contributed by atoms with Gasteiger partial charge in [-0.15, -0.1) is 0 Å². The van der Waals surface area contributed by atoms with Crippen LogP contribution >= 0.6 is 11.8 Å². The Hall–Kier alpha value is -2.53. The molecule has 0 unspecified atom stereocenters. The van der Waals surface area contributed by atoms with Crippen molar-refractivity contribution in [2.75, 3.05) is 19.8 Å². The first kappa shape index (κ1) is 17.3. The molecule has 0 aliphatic carbocycles. The molecular weight excluding hydrogens is 332 g/mol. The fourth-order valence-electron chi connectivity index (χ4n) is 2.39. The average Bonchev–Trinajstić information content (AvgIpc) is 3.07. The van der Waals surface area contributed by atoms with E-state index in [1.54, 1.807) is 19.0 Å². The first-order chi connectivity index (χ1) is 12.1. The highest BCUT2D eigenvalue weighted by Gasteiger charge is 2.17. The summed E-state index contributed by atoms with van der Waals surface area (Å²) in [5, 5.41) is 0.587. The topological polar surface area (TPSA) is 46.3 Å². The summed E-state index contributed by atoms with van der Waals surface area (Å²) in [7, 11) is 3.53. The molecule has 0 atom stereocenters. The number of hydrogen-bond donors (Lipinski definition) is 0. The van der Waals surface area contributed by atoms with E-state index in [1.807, 2.05) is 60.7 Å². The predicted octanol–water partition coefficient (Wildman–Crippen LogP) is 4.58. The molecule has 0 spiro atoms. The summed E-state index contributed by atoms with van der Waals surface area (Å²) in [6.45, 7) is 0. The molecule has 1 amide bonds. The Bertz CT molecular complexity index is 772. The van der Waals surface area contributed by atoms with Gasteiger partial charge in [0.2, 0.25) is 5.91 Å². The number of aromatic nitrogens is 1. The van der Waals surface area contributed by atoms with E-state index in [4.69, 9.17) is 4.42 Å². The first-order valence-corrected chi connectivity index (χ1v) is 9.08. The van der Waals surface area contributed by atoms with Gasteiger partial charge in [-0.2, -0.15) is 0 Å². The summed E-state index contributed by atoms with van der Waals surface area (Å²) in [5.41, 5.74) is 2.83. The third-order valence-electron chi connectivity index (χ3n) is 3.73. The molecule has 0 N–H and O–H groups in total. The van der Waals surface area contributed by atoms with Crippen molar-refractivity contribution < 1.29 is 9.21 Å². The number of oxazole rings is 1. The van der Waals surface area contributed by atoms with Gasteiger partial charge in [-0.05, 0) is 0 Å². The van der Waals surface area contributed by atoms with E-state index in [1.165, 1.54) is 11.8 Å². The summed E-state index contributed by atoms with van der Waals surface area (Å²) in [5.74, 6) is 1.50. The zero-order chi connectivity index (χ0) is 17.6. The van der Waals surface area contributed by atoms with Crippen LogP contribution < -0.4 is 0 Å². The van der Waals surface area contributed by atoms with Crippen molar-refractivity contribution in [1.29, 1.82) is 0 Å². The number of carbonyl (C=O) groups excluding carboxylic acids is 1. The minimum absolute atomic E-state index is 0.102. The van der Waals surface area contributed by atoms with Gasteiger partial charge in [0, 0.05) is 37.4 Å². The lowest BCUT2D eigenvalue weighted by molar-refractivity contribution is -0.128. The monoisotopic (exact) mass is 352 g/mol. The van der Waals surface area contributed by atoms with Gasteiger partial charge < -0.3 is 9.32 Å². The van der Waals surface area contributed by atoms with Crippen LogP contribution in [0.4, 0.5) is 0 Å². The Labute approximate surface area is 151 Å². The summed E-state index contributed by atoms with van der Waals surface area (Å²) in [6, 6.07) is 20.0. The normalized spacial score (nSPS) is 10.6. The van der Waals surface area contributed by atoms with Gasteiger partial charge in [-0.3, -0.25) is 4.79 Å². The quantitative estimate of drug-likeness (QED) is 0.609. The third-order valence-corrected chi connectivity index (χ3v) is 4.56. The number of hydrogen-bond acceptors (Lipinski definition) is 4. The molecule has 1 heterocycles. The smallest absolute Gasteiger partial charge is 0.256 e. The number of thioether (sulfide) groups is 1. The zero-order valence-corrected chi connectivity index (χ0v) is 15.1. The molecule has 0 fully saturated rings. The number of nitrogens with zero attached hydrogens (tertiary/aromatic N) is 2. The van der Waals surface area contributed by atoms with Crippen molar-refractivity contribution in [3.8, 4) is 22.6 Å². The second-order valence-corrected chi connectivity index (χ2v) is 6.82. The molecular formula is C20H20N2O2S. The van der Waals surface area contributed by atoms with E-state index in [0.29, 0.717) is 17.4 Å². The largest absolute Gasteiger partial charge is 0.431 e. The molecule has 1 aromatic heterocycles. The van der Waals surface area contributed by atoms with Crippen molar-refractivity contribution in [1.82, 2.24) is 9.88 Å². The van der Waals surface area contributed by atoms with Crippen LogP contribution in [0.5, 0.6) is 0 Å². The van der Waals surface area contributed by atoms with Gasteiger partial charge in [-0.25, -0.2) is 4.98 Å². The molecule has 0 saturated carbocycles. The van der Waals surface area contributed by atoms with Crippen molar-refractivity contribution >= 4 is 17.7 Å². The molecule has 5 heteroatoms. The SMILES string of the molecule is CN(C)C(=O)CCSc1nc(-c2ccccc2)c(-c2ccccc2)o1. The Morgan fingerprint density at radius 1 is 1.00 bits per heavy atom. The molecule has 0 aliphatic heterocycles. The zero-order valence-electron chi connectivity index (χ0n) is 14.3. The highest BCUT2D eigenvalue weighted by atomic mass is 32.2. The highest BCUT2D eigenvalue weighted by Crippen LogP contribution is 2.35. The van der Waals surface area contributed by atoms with E-state index >= 15 is 0 Å². The second-order valence-electron chi connectivity index (χ2n) is 5.78. The van der Waals surface area contributed by atoms with Gasteiger partial charge in [-0.1, -0.05) is 72.4 Å². The van der Waals surface area contributed by atoms with Gasteiger partial charge in [0.25, 0.3) is 5.22 Å². The third kappa shape index (κ3) is 4.31. The van der Waals surface area contributed by atoms with E-state index in [0.717, 1.165) is 22.6 Å². The standard InChI is InChI=1S/C20H20N2O2S/c1-22(2)17(23)13-14-25-20-21-18(15-9-5-3-6-10-15)19(24-20)16-11-7-4-8-12-16/h3-12H,13-14H2,1-2H3. The summed E-state index contributed by atoms with van der Waals surface area (Å²) >= 11 is 1.47. The fraction of sp³-hybridized carbons (Fsp3) is 0.200. The Morgan fingerprint density at radius 2 is 1.60 bits per heavy atom. The van der Waals surface area contributed by atoms with Crippen LogP contribution in [-0.2, 0) is 4.79 Å². The van der Waals surface area contributed by atoms with Crippen LogP contribution in [0.15, 0.2) is 70.3 Å². The van der Waals surface area contributed by atoms with Gasteiger partial charge in [0.15, 0.2) is 5.76 Å². The van der Waals surface area contributed by atoms with Gasteiger partial charge in [0.05, 0.1) is 0 Å². The minimum Gasteiger partial charge on any atom is -0.431 e. The second kappa shape index (κ2) is 8.03. The van der Waals surface area contributed by atoms with Crippen molar-refractivity contribution in [2.24, 2.45) is 0 Å². The lowest BCUT2D eigenvalue weighted by atomic mass is 10.1. The van der Waals surface area contributed by atoms with Crippen LogP contribution in [0.2, 0.25) is 0 Å². The summed E-state index contributed by atoms with van der Waals surface area (Å²) in [6.07, 6.45) is 0.460. The van der Waals surface area contributed by atoms with Crippen molar-refractivity contribution in [3.63, 3.8) is 0 Å². The van der Waals surface area contributed by atoms with E-state index in [9.17, 15) is 4.79 Å². The Morgan fingerprint density at radius 3 is 2.20 bits per heavy atom. The maximum Gasteiger partial charge on any atom is 0.256 e. The molecule has 0 radical (unpaired) electrons. The number of benzene rings is 2. The molecule has 2 aromatic carbocycles. The fourth-order valence-corrected chi connectivity index (χ4v) is 3.14. The Balaban J connectivity index is 1.86. The van der Waals surface area contributed by atoms with Gasteiger partial charge >= 0.3 is 0 Å². The molecule has 0 aliphatic rings. The number of amides is 1. The van der Waals surface area contributed by atoms with Crippen LogP contribution in [0.3, 0.4) is 0 Å². The highest BCUT2D eigenvalue weighted by molar-refractivity contribution is 7.99.